The molecule has 0 spiro atoms. The van der Waals surface area contributed by atoms with Crippen LogP contribution in [0.15, 0.2) is 18.2 Å². The minimum Gasteiger partial charge on any atom is -0.321 e. The highest BCUT2D eigenvalue weighted by molar-refractivity contribution is 6.16. The van der Waals surface area contributed by atoms with Crippen LogP contribution in [0.5, 0.6) is 0 Å². The standard InChI is InChI=1S/C16H21ClN2/c1-12-7-6-8-13-15(12)19(14(11-17)18-13)16(2)9-4-3-5-10-16/h6-8H,3-5,9-11H2,1-2H3. The van der Waals surface area contributed by atoms with Crippen LogP contribution < -0.4 is 0 Å². The number of halogens is 1. The van der Waals surface area contributed by atoms with Gasteiger partial charge in [0.15, 0.2) is 0 Å². The third-order valence-electron chi connectivity index (χ3n) is 4.54. The molecule has 1 fully saturated rings. The summed E-state index contributed by atoms with van der Waals surface area (Å²) in [6.45, 7) is 4.54. The summed E-state index contributed by atoms with van der Waals surface area (Å²) in [5.74, 6) is 1.51. The summed E-state index contributed by atoms with van der Waals surface area (Å²) in [5.41, 5.74) is 3.85. The van der Waals surface area contributed by atoms with Gasteiger partial charge >= 0.3 is 0 Å². The lowest BCUT2D eigenvalue weighted by Crippen LogP contribution is -2.33. The van der Waals surface area contributed by atoms with Crippen LogP contribution in [0.1, 0.15) is 50.4 Å². The molecular weight excluding hydrogens is 256 g/mol. The normalized spacial score (nSPS) is 18.9. The Hall–Kier alpha value is -1.02. The molecular formula is C16H21ClN2. The molecule has 1 aromatic carbocycles. The number of fused-ring (bicyclic) bond motifs is 1. The molecule has 0 saturated heterocycles. The highest BCUT2D eigenvalue weighted by Crippen LogP contribution is 2.38. The molecule has 1 aliphatic carbocycles. The fourth-order valence-corrected chi connectivity index (χ4v) is 3.73. The number of aromatic nitrogens is 2. The van der Waals surface area contributed by atoms with Crippen molar-refractivity contribution in [2.24, 2.45) is 0 Å². The van der Waals surface area contributed by atoms with E-state index in [1.165, 1.54) is 43.2 Å². The predicted molar refractivity (Wildman–Crippen MR) is 80.8 cm³/mol. The topological polar surface area (TPSA) is 17.8 Å². The van der Waals surface area contributed by atoms with E-state index in [1.807, 2.05) is 0 Å². The molecule has 0 amide bonds. The van der Waals surface area contributed by atoms with Crippen LogP contribution in [0, 0.1) is 6.92 Å². The Morgan fingerprint density at radius 1 is 1.26 bits per heavy atom. The van der Waals surface area contributed by atoms with Crippen molar-refractivity contribution in [1.29, 1.82) is 0 Å². The van der Waals surface area contributed by atoms with Gasteiger partial charge < -0.3 is 4.57 Å². The number of nitrogens with zero attached hydrogens (tertiary/aromatic N) is 2. The van der Waals surface area contributed by atoms with Gasteiger partial charge in [-0.3, -0.25) is 0 Å². The molecule has 1 saturated carbocycles. The molecule has 3 heteroatoms. The first kappa shape index (κ1) is 13.0. The lowest BCUT2D eigenvalue weighted by atomic mass is 9.82. The van der Waals surface area contributed by atoms with Crippen LogP contribution in [0.25, 0.3) is 11.0 Å². The third kappa shape index (κ3) is 2.06. The van der Waals surface area contributed by atoms with Crippen molar-refractivity contribution >= 4 is 22.6 Å². The van der Waals surface area contributed by atoms with E-state index in [1.54, 1.807) is 0 Å². The summed E-state index contributed by atoms with van der Waals surface area (Å²) < 4.78 is 2.43. The molecule has 0 aliphatic heterocycles. The summed E-state index contributed by atoms with van der Waals surface area (Å²) in [6.07, 6.45) is 6.44. The van der Waals surface area contributed by atoms with E-state index < -0.39 is 0 Å². The number of imidazole rings is 1. The van der Waals surface area contributed by atoms with Gasteiger partial charge in [0.05, 0.1) is 16.9 Å². The summed E-state index contributed by atoms with van der Waals surface area (Å²) in [7, 11) is 0. The first-order valence-corrected chi connectivity index (χ1v) is 7.72. The van der Waals surface area contributed by atoms with Gasteiger partial charge in [-0.25, -0.2) is 4.98 Å². The van der Waals surface area contributed by atoms with Crippen LogP contribution in [0.3, 0.4) is 0 Å². The van der Waals surface area contributed by atoms with Crippen LogP contribution in [-0.2, 0) is 11.4 Å². The molecule has 0 N–H and O–H groups in total. The van der Waals surface area contributed by atoms with E-state index in [0.29, 0.717) is 5.88 Å². The van der Waals surface area contributed by atoms with Crippen molar-refractivity contribution in [3.8, 4) is 0 Å². The molecule has 0 bridgehead atoms. The number of alkyl halides is 1. The molecule has 19 heavy (non-hydrogen) atoms. The average Bonchev–Trinajstić information content (AvgIpc) is 2.80. The van der Waals surface area contributed by atoms with Gasteiger partial charge in [0.2, 0.25) is 0 Å². The van der Waals surface area contributed by atoms with E-state index in [9.17, 15) is 0 Å². The lowest BCUT2D eigenvalue weighted by molar-refractivity contribution is 0.220. The summed E-state index contributed by atoms with van der Waals surface area (Å²) in [5, 5.41) is 0. The van der Waals surface area contributed by atoms with E-state index in [0.717, 1.165) is 11.3 Å². The number of hydrogen-bond donors (Lipinski definition) is 0. The van der Waals surface area contributed by atoms with Crippen LogP contribution in [-0.4, -0.2) is 9.55 Å². The zero-order chi connectivity index (χ0) is 13.5. The predicted octanol–water partition coefficient (Wildman–Crippen LogP) is 4.76. The number of rotatable bonds is 2. The van der Waals surface area contributed by atoms with Crippen molar-refractivity contribution in [3.63, 3.8) is 0 Å². The monoisotopic (exact) mass is 276 g/mol. The Morgan fingerprint density at radius 2 is 2.00 bits per heavy atom. The first-order chi connectivity index (χ1) is 9.15. The molecule has 102 valence electrons. The van der Waals surface area contributed by atoms with E-state index >= 15 is 0 Å². The van der Waals surface area contributed by atoms with Crippen molar-refractivity contribution in [1.82, 2.24) is 9.55 Å². The van der Waals surface area contributed by atoms with Gasteiger partial charge in [-0.15, -0.1) is 11.6 Å². The second-order valence-corrected chi connectivity index (χ2v) is 6.26. The minimum absolute atomic E-state index is 0.184. The first-order valence-electron chi connectivity index (χ1n) is 7.19. The highest BCUT2D eigenvalue weighted by Gasteiger charge is 2.32. The zero-order valence-electron chi connectivity index (χ0n) is 11.7. The van der Waals surface area contributed by atoms with E-state index in [2.05, 4.69) is 36.6 Å². The van der Waals surface area contributed by atoms with Gasteiger partial charge in [-0.05, 0) is 38.3 Å². The minimum atomic E-state index is 0.184. The molecule has 1 heterocycles. The van der Waals surface area contributed by atoms with Crippen LogP contribution in [0.4, 0.5) is 0 Å². The molecule has 0 atom stereocenters. The van der Waals surface area contributed by atoms with Crippen molar-refractivity contribution < 1.29 is 0 Å². The molecule has 2 aromatic rings. The van der Waals surface area contributed by atoms with E-state index in [4.69, 9.17) is 16.6 Å². The molecule has 1 aromatic heterocycles. The third-order valence-corrected chi connectivity index (χ3v) is 4.78. The van der Waals surface area contributed by atoms with Crippen LogP contribution in [0.2, 0.25) is 0 Å². The second kappa shape index (κ2) is 4.82. The van der Waals surface area contributed by atoms with Gasteiger partial charge in [-0.2, -0.15) is 0 Å². The van der Waals surface area contributed by atoms with Gasteiger partial charge in [-0.1, -0.05) is 31.4 Å². The summed E-state index contributed by atoms with van der Waals surface area (Å²) in [6, 6.07) is 6.35. The molecule has 2 nitrogen and oxygen atoms in total. The maximum atomic E-state index is 6.15. The Balaban J connectivity index is 2.25. The molecule has 0 unspecified atom stereocenters. The number of para-hydroxylation sites is 1. The summed E-state index contributed by atoms with van der Waals surface area (Å²) >= 11 is 6.15. The zero-order valence-corrected chi connectivity index (χ0v) is 12.5. The van der Waals surface area contributed by atoms with Gasteiger partial charge in [0, 0.05) is 5.54 Å². The largest absolute Gasteiger partial charge is 0.321 e. The van der Waals surface area contributed by atoms with Gasteiger partial charge in [0.1, 0.15) is 5.82 Å². The highest BCUT2D eigenvalue weighted by atomic mass is 35.5. The molecule has 3 rings (SSSR count). The van der Waals surface area contributed by atoms with Crippen molar-refractivity contribution in [2.45, 2.75) is 57.4 Å². The van der Waals surface area contributed by atoms with Crippen molar-refractivity contribution in [2.75, 3.05) is 0 Å². The maximum absolute atomic E-state index is 6.15. The Morgan fingerprint density at radius 3 is 2.68 bits per heavy atom. The fourth-order valence-electron chi connectivity index (χ4n) is 3.55. The molecule has 0 radical (unpaired) electrons. The Bertz CT molecular complexity index is 594. The summed E-state index contributed by atoms with van der Waals surface area (Å²) in [4.78, 5) is 4.74. The number of aryl methyl sites for hydroxylation is 1. The fraction of sp³-hybridized carbons (Fsp3) is 0.562. The smallest absolute Gasteiger partial charge is 0.125 e. The second-order valence-electron chi connectivity index (χ2n) is 6.00. The Kier molecular flexibility index (Phi) is 3.30. The lowest BCUT2D eigenvalue weighted by Gasteiger charge is -2.37. The number of hydrogen-bond acceptors (Lipinski definition) is 1. The molecule has 1 aliphatic rings. The van der Waals surface area contributed by atoms with Crippen LogP contribution >= 0.6 is 11.6 Å². The van der Waals surface area contributed by atoms with Crippen molar-refractivity contribution in [3.05, 3.63) is 29.6 Å². The van der Waals surface area contributed by atoms with E-state index in [-0.39, 0.29) is 5.54 Å². The Labute approximate surface area is 119 Å². The van der Waals surface area contributed by atoms with Gasteiger partial charge in [0.25, 0.3) is 0 Å². The SMILES string of the molecule is Cc1cccc2nc(CCl)n(C3(C)CCCCC3)c12. The number of benzene rings is 1. The quantitative estimate of drug-likeness (QED) is 0.723. The average molecular weight is 277 g/mol. The maximum Gasteiger partial charge on any atom is 0.125 e.